The Kier molecular flexibility index (Phi) is 11.6. The molecule has 2 fully saturated rings. The van der Waals surface area contributed by atoms with Gasteiger partial charge in [-0.15, -0.1) is 0 Å². The Morgan fingerprint density at radius 1 is 0.913 bits per heavy atom. The van der Waals surface area contributed by atoms with Crippen LogP contribution >= 0.6 is 0 Å². The van der Waals surface area contributed by atoms with Gasteiger partial charge >= 0.3 is 0 Å². The first-order valence-corrected chi connectivity index (χ1v) is 15.7. The molecule has 4 atom stereocenters. The van der Waals surface area contributed by atoms with Gasteiger partial charge in [0.2, 0.25) is 29.5 Å². The Bertz CT molecular complexity index is 1430. The van der Waals surface area contributed by atoms with Gasteiger partial charge in [-0.25, -0.2) is 4.39 Å². The van der Waals surface area contributed by atoms with E-state index >= 15 is 0 Å². The summed E-state index contributed by atoms with van der Waals surface area (Å²) in [5.41, 5.74) is 1.13. The van der Waals surface area contributed by atoms with Gasteiger partial charge in [-0.05, 0) is 61.9 Å². The summed E-state index contributed by atoms with van der Waals surface area (Å²) in [6.07, 6.45) is 0.937. The van der Waals surface area contributed by atoms with Gasteiger partial charge in [0.1, 0.15) is 23.9 Å². The minimum absolute atomic E-state index is 0.0759. The van der Waals surface area contributed by atoms with Crippen LogP contribution in [0.25, 0.3) is 0 Å². The maximum atomic E-state index is 13.7. The third-order valence-electron chi connectivity index (χ3n) is 8.36. The summed E-state index contributed by atoms with van der Waals surface area (Å²) in [6.45, 7) is 4.98. The summed E-state index contributed by atoms with van der Waals surface area (Å²) in [5.74, 6) is -3.56. The van der Waals surface area contributed by atoms with Crippen molar-refractivity contribution in [3.8, 4) is 0 Å². The van der Waals surface area contributed by atoms with Crippen LogP contribution in [0.4, 0.5) is 4.39 Å². The van der Waals surface area contributed by atoms with E-state index in [2.05, 4.69) is 16.0 Å². The number of carbonyl (C=O) groups is 6. The van der Waals surface area contributed by atoms with E-state index in [0.717, 1.165) is 5.56 Å². The van der Waals surface area contributed by atoms with Gasteiger partial charge in [-0.1, -0.05) is 44.2 Å². The Hall–Kier alpha value is -4.61. The Balaban J connectivity index is 1.63. The molecule has 0 saturated carbocycles. The van der Waals surface area contributed by atoms with E-state index in [0.29, 0.717) is 25.8 Å². The van der Waals surface area contributed by atoms with E-state index in [1.54, 1.807) is 13.8 Å². The molecule has 11 nitrogen and oxygen atoms in total. The molecule has 12 heteroatoms. The van der Waals surface area contributed by atoms with Crippen molar-refractivity contribution < 1.29 is 33.2 Å². The van der Waals surface area contributed by atoms with Gasteiger partial charge in [-0.3, -0.25) is 28.8 Å². The van der Waals surface area contributed by atoms with Crippen LogP contribution in [0.15, 0.2) is 54.6 Å². The molecule has 0 bridgehead atoms. The number of amides is 5. The van der Waals surface area contributed by atoms with Crippen LogP contribution in [0.1, 0.15) is 62.4 Å². The molecule has 2 aromatic rings. The fourth-order valence-electron chi connectivity index (χ4n) is 5.89. The molecule has 2 saturated heterocycles. The van der Waals surface area contributed by atoms with E-state index in [-0.39, 0.29) is 36.7 Å². The average Bonchev–Trinajstić information content (AvgIpc) is 3.52. The molecule has 3 N–H and O–H groups in total. The van der Waals surface area contributed by atoms with Crippen molar-refractivity contribution >= 4 is 35.3 Å². The number of benzene rings is 2. The summed E-state index contributed by atoms with van der Waals surface area (Å²) >= 11 is 0. The number of fused-ring (bicyclic) bond motifs is 1. The molecule has 0 unspecified atom stereocenters. The van der Waals surface area contributed by atoms with Crippen molar-refractivity contribution in [1.82, 2.24) is 25.8 Å². The number of nitrogens with zero attached hydrogens (tertiary/aromatic N) is 2. The molecule has 2 aliphatic rings. The summed E-state index contributed by atoms with van der Waals surface area (Å²) in [7, 11) is 0. The minimum atomic E-state index is -0.969. The second-order valence-electron chi connectivity index (χ2n) is 12.3. The minimum Gasteiger partial charge on any atom is -0.349 e. The molecule has 5 amide bonds. The Morgan fingerprint density at radius 2 is 1.61 bits per heavy atom. The SMILES string of the molecule is CC(C)[C@@H]1NC(=O)[C@H]2CCCN2C(=O)[C@H](C)NC(=O)CN(C(=O)CCC(=O)c2ccc(F)cc2)C[C@H](Cc2ccccc2)NC1=O. The lowest BCUT2D eigenvalue weighted by Crippen LogP contribution is -2.58. The third kappa shape index (κ3) is 8.98. The van der Waals surface area contributed by atoms with E-state index in [4.69, 9.17) is 0 Å². The van der Waals surface area contributed by atoms with Gasteiger partial charge in [0, 0.05) is 31.5 Å². The summed E-state index contributed by atoms with van der Waals surface area (Å²) in [6, 6.07) is 11.0. The average molecular weight is 636 g/mol. The van der Waals surface area contributed by atoms with Crippen molar-refractivity contribution in [2.45, 2.75) is 77.0 Å². The van der Waals surface area contributed by atoms with Crippen molar-refractivity contribution in [3.63, 3.8) is 0 Å². The Morgan fingerprint density at radius 3 is 2.28 bits per heavy atom. The lowest BCUT2D eigenvalue weighted by atomic mass is 10.00. The fraction of sp³-hybridized carbons (Fsp3) is 0.471. The van der Waals surface area contributed by atoms with Crippen molar-refractivity contribution in [2.24, 2.45) is 5.92 Å². The number of rotatable bonds is 7. The van der Waals surface area contributed by atoms with Crippen LogP contribution in [0.5, 0.6) is 0 Å². The number of halogens is 1. The van der Waals surface area contributed by atoms with Crippen molar-refractivity contribution in [3.05, 3.63) is 71.5 Å². The second kappa shape index (κ2) is 15.6. The van der Waals surface area contributed by atoms with Gasteiger partial charge in [0.05, 0.1) is 12.6 Å². The molecule has 0 aliphatic carbocycles. The largest absolute Gasteiger partial charge is 0.349 e. The smallest absolute Gasteiger partial charge is 0.245 e. The van der Waals surface area contributed by atoms with E-state index in [1.165, 1.54) is 41.0 Å². The molecule has 246 valence electrons. The highest BCUT2D eigenvalue weighted by atomic mass is 19.1. The molecule has 2 heterocycles. The van der Waals surface area contributed by atoms with Crippen LogP contribution in [-0.4, -0.2) is 88.9 Å². The van der Waals surface area contributed by atoms with Gasteiger partial charge < -0.3 is 25.8 Å². The van der Waals surface area contributed by atoms with E-state index in [9.17, 15) is 33.2 Å². The molecule has 2 aromatic carbocycles. The highest BCUT2D eigenvalue weighted by Crippen LogP contribution is 2.20. The zero-order valence-electron chi connectivity index (χ0n) is 26.5. The fourth-order valence-corrected chi connectivity index (χ4v) is 5.89. The number of hydrogen-bond donors (Lipinski definition) is 3. The maximum Gasteiger partial charge on any atom is 0.245 e. The monoisotopic (exact) mass is 635 g/mol. The molecule has 46 heavy (non-hydrogen) atoms. The molecule has 0 aromatic heterocycles. The summed E-state index contributed by atoms with van der Waals surface area (Å²) in [5, 5.41) is 8.51. The summed E-state index contributed by atoms with van der Waals surface area (Å²) in [4.78, 5) is 82.8. The molecule has 0 radical (unpaired) electrons. The third-order valence-corrected chi connectivity index (χ3v) is 8.36. The van der Waals surface area contributed by atoms with Gasteiger partial charge in [-0.2, -0.15) is 0 Å². The standard InChI is InChI=1S/C34H42FN5O6/c1-21(2)31-33(45)37-26(18-23-8-5-4-6-9-23)19-39(30(43)16-15-28(41)24-11-13-25(35)14-12-24)20-29(42)36-22(3)34(46)40-17-7-10-27(40)32(44)38-31/h4-6,8-9,11-14,21-22,26-27,31H,7,10,15-20H2,1-3H3,(H,36,42)(H,37,45)(H,38,44)/t22-,26-,27+,31-/m0/s1. The highest BCUT2D eigenvalue weighted by Gasteiger charge is 2.39. The van der Waals surface area contributed by atoms with Crippen LogP contribution in [0.2, 0.25) is 0 Å². The lowest BCUT2D eigenvalue weighted by Gasteiger charge is -2.31. The van der Waals surface area contributed by atoms with Crippen LogP contribution in [0, 0.1) is 11.7 Å². The molecule has 0 spiro atoms. The number of ketones is 1. The van der Waals surface area contributed by atoms with E-state index in [1.807, 2.05) is 30.3 Å². The predicted octanol–water partition coefficient (Wildman–Crippen LogP) is 1.99. The Labute approximate surface area is 268 Å². The van der Waals surface area contributed by atoms with Gasteiger partial charge in [0.25, 0.3) is 0 Å². The zero-order valence-corrected chi connectivity index (χ0v) is 26.5. The lowest BCUT2D eigenvalue weighted by molar-refractivity contribution is -0.142. The van der Waals surface area contributed by atoms with Crippen LogP contribution < -0.4 is 16.0 Å². The molecule has 2 aliphatic heterocycles. The quantitative estimate of drug-likeness (QED) is 0.397. The number of nitrogens with one attached hydrogen (secondary N) is 3. The number of carbonyl (C=O) groups excluding carboxylic acids is 6. The first-order chi connectivity index (χ1) is 21.9. The molecular formula is C34H42FN5O6. The maximum absolute atomic E-state index is 13.7. The van der Waals surface area contributed by atoms with E-state index < -0.39 is 66.1 Å². The van der Waals surface area contributed by atoms with Crippen LogP contribution in [0.3, 0.4) is 0 Å². The topological polar surface area (TPSA) is 145 Å². The predicted molar refractivity (Wildman–Crippen MR) is 168 cm³/mol. The normalized spacial score (nSPS) is 23.2. The highest BCUT2D eigenvalue weighted by molar-refractivity contribution is 5.98. The second-order valence-corrected chi connectivity index (χ2v) is 12.3. The van der Waals surface area contributed by atoms with Crippen molar-refractivity contribution in [1.29, 1.82) is 0 Å². The van der Waals surface area contributed by atoms with Crippen molar-refractivity contribution in [2.75, 3.05) is 19.6 Å². The number of Topliss-reactive ketones (excluding diaryl/α,β-unsaturated/α-hetero) is 1. The molecular weight excluding hydrogens is 593 g/mol. The zero-order chi connectivity index (χ0) is 33.4. The first kappa shape index (κ1) is 34.3. The molecule has 4 rings (SSSR count). The number of hydrogen-bond acceptors (Lipinski definition) is 6. The summed E-state index contributed by atoms with van der Waals surface area (Å²) < 4.78 is 13.3. The van der Waals surface area contributed by atoms with Gasteiger partial charge in [0.15, 0.2) is 5.78 Å². The van der Waals surface area contributed by atoms with Crippen LogP contribution in [-0.2, 0) is 30.4 Å². The first-order valence-electron chi connectivity index (χ1n) is 15.7.